The summed E-state index contributed by atoms with van der Waals surface area (Å²) in [5, 5.41) is 21.8. The number of benzene rings is 1. The summed E-state index contributed by atoms with van der Waals surface area (Å²) in [4.78, 5) is 8.88. The SMILES string of the molecule is NNc1ncnc2c1ccn2[C@@H]1C[C@H](S(=O)c2ccc(Cl)cc2)[C@@H](O)[C@H]1O. The van der Waals surface area contributed by atoms with Crippen molar-refractivity contribution in [2.45, 2.75) is 34.8 Å². The summed E-state index contributed by atoms with van der Waals surface area (Å²) in [6.07, 6.45) is 1.25. The minimum atomic E-state index is -1.49. The highest BCUT2D eigenvalue weighted by Crippen LogP contribution is 2.38. The third kappa shape index (κ3) is 3.11. The highest BCUT2D eigenvalue weighted by molar-refractivity contribution is 7.85. The maximum atomic E-state index is 12.9. The highest BCUT2D eigenvalue weighted by atomic mass is 35.5. The molecule has 0 aliphatic heterocycles. The Morgan fingerprint density at radius 3 is 2.63 bits per heavy atom. The molecule has 1 aliphatic carbocycles. The minimum absolute atomic E-state index is 0.330. The molecule has 3 aromatic rings. The lowest BCUT2D eigenvalue weighted by Crippen LogP contribution is -2.33. The lowest BCUT2D eigenvalue weighted by molar-refractivity contribution is 0.0256. The first-order valence-electron chi connectivity index (χ1n) is 8.31. The summed E-state index contributed by atoms with van der Waals surface area (Å²) in [6.45, 7) is 0. The van der Waals surface area contributed by atoms with Gasteiger partial charge in [-0.2, -0.15) is 0 Å². The predicted molar refractivity (Wildman–Crippen MR) is 103 cm³/mol. The van der Waals surface area contributed by atoms with Crippen molar-refractivity contribution in [1.82, 2.24) is 14.5 Å². The largest absolute Gasteiger partial charge is 0.389 e. The zero-order chi connectivity index (χ0) is 19.1. The molecule has 142 valence electrons. The Balaban J connectivity index is 1.66. The zero-order valence-electron chi connectivity index (χ0n) is 14.1. The fourth-order valence-corrected chi connectivity index (χ4v) is 5.22. The standard InChI is InChI=1S/C17H18ClN5O3S/c18-9-1-3-10(4-2-9)27(26)13-7-12(14(24)15(13)25)23-6-5-11-16(22-19)20-8-21-17(11)23/h1-6,8,12-15,24-25H,7,19H2,(H,20,21,22)/t12-,13+,14+,15-,27?/m1/s1. The summed E-state index contributed by atoms with van der Waals surface area (Å²) < 4.78 is 14.7. The van der Waals surface area contributed by atoms with Gasteiger partial charge in [0.2, 0.25) is 0 Å². The van der Waals surface area contributed by atoms with Crippen LogP contribution < -0.4 is 11.3 Å². The normalized spacial score (nSPS) is 26.4. The van der Waals surface area contributed by atoms with E-state index < -0.39 is 34.3 Å². The van der Waals surface area contributed by atoms with Gasteiger partial charge < -0.3 is 20.2 Å². The second kappa shape index (κ2) is 7.17. The van der Waals surface area contributed by atoms with Crippen molar-refractivity contribution in [3.63, 3.8) is 0 Å². The Labute approximate surface area is 162 Å². The van der Waals surface area contributed by atoms with Crippen LogP contribution in [0.5, 0.6) is 0 Å². The van der Waals surface area contributed by atoms with Gasteiger partial charge in [0.25, 0.3) is 0 Å². The minimum Gasteiger partial charge on any atom is -0.389 e. The van der Waals surface area contributed by atoms with Gasteiger partial charge in [-0.05, 0) is 36.8 Å². The number of hydrogen-bond acceptors (Lipinski definition) is 7. The van der Waals surface area contributed by atoms with E-state index in [9.17, 15) is 14.4 Å². The average Bonchev–Trinajstić information content (AvgIpc) is 3.23. The van der Waals surface area contributed by atoms with E-state index in [0.717, 1.165) is 0 Å². The van der Waals surface area contributed by atoms with Crippen molar-refractivity contribution in [1.29, 1.82) is 0 Å². The number of aromatic nitrogens is 3. The predicted octanol–water partition coefficient (Wildman–Crippen LogP) is 1.21. The molecule has 27 heavy (non-hydrogen) atoms. The van der Waals surface area contributed by atoms with Crippen molar-refractivity contribution < 1.29 is 14.4 Å². The number of nitrogens with zero attached hydrogens (tertiary/aromatic N) is 3. The first-order valence-corrected chi connectivity index (χ1v) is 9.90. The van der Waals surface area contributed by atoms with Gasteiger partial charge in [0.05, 0.1) is 33.6 Å². The summed E-state index contributed by atoms with van der Waals surface area (Å²) in [5.74, 6) is 5.94. The molecule has 1 aromatic carbocycles. The number of hydrogen-bond donors (Lipinski definition) is 4. The van der Waals surface area contributed by atoms with Gasteiger partial charge in [-0.1, -0.05) is 11.6 Å². The molecule has 5 N–H and O–H groups in total. The Kier molecular flexibility index (Phi) is 4.87. The van der Waals surface area contributed by atoms with E-state index in [0.29, 0.717) is 33.2 Å². The molecular formula is C17H18ClN5O3S. The number of nitrogens with one attached hydrogen (secondary N) is 1. The van der Waals surface area contributed by atoms with Gasteiger partial charge in [-0.15, -0.1) is 0 Å². The van der Waals surface area contributed by atoms with Crippen molar-refractivity contribution in [2.75, 3.05) is 5.43 Å². The monoisotopic (exact) mass is 407 g/mol. The van der Waals surface area contributed by atoms with Crippen LogP contribution in [0.15, 0.2) is 47.8 Å². The Bertz CT molecular complexity index is 996. The van der Waals surface area contributed by atoms with E-state index in [4.69, 9.17) is 17.4 Å². The molecule has 2 heterocycles. The van der Waals surface area contributed by atoms with Gasteiger partial charge >= 0.3 is 0 Å². The van der Waals surface area contributed by atoms with E-state index in [-0.39, 0.29) is 0 Å². The maximum absolute atomic E-state index is 12.9. The molecule has 1 saturated carbocycles. The fraction of sp³-hybridized carbons (Fsp3) is 0.294. The summed E-state index contributed by atoms with van der Waals surface area (Å²) >= 11 is 5.88. The number of rotatable bonds is 4. The van der Waals surface area contributed by atoms with Crippen LogP contribution in [0, 0.1) is 0 Å². The summed E-state index contributed by atoms with van der Waals surface area (Å²) in [6, 6.07) is 7.96. The van der Waals surface area contributed by atoms with Gasteiger partial charge in [-0.25, -0.2) is 15.8 Å². The second-order valence-corrected chi connectivity index (χ2v) is 8.51. The van der Waals surface area contributed by atoms with Crippen LogP contribution in [-0.2, 0) is 10.8 Å². The third-order valence-electron chi connectivity index (χ3n) is 4.92. The fourth-order valence-electron chi connectivity index (χ4n) is 3.55. The smallest absolute Gasteiger partial charge is 0.152 e. The molecule has 10 heteroatoms. The van der Waals surface area contributed by atoms with E-state index in [2.05, 4.69) is 15.4 Å². The molecule has 0 saturated heterocycles. The Morgan fingerprint density at radius 2 is 1.93 bits per heavy atom. The number of aliphatic hydroxyl groups excluding tert-OH is 2. The topological polar surface area (TPSA) is 126 Å². The quantitative estimate of drug-likeness (QED) is 0.378. The molecular weight excluding hydrogens is 390 g/mol. The number of halogens is 1. The first-order chi connectivity index (χ1) is 13.0. The van der Waals surface area contributed by atoms with Crippen LogP contribution in [0.3, 0.4) is 0 Å². The van der Waals surface area contributed by atoms with Crippen LogP contribution in [0.2, 0.25) is 5.02 Å². The summed E-state index contributed by atoms with van der Waals surface area (Å²) in [7, 11) is -1.49. The van der Waals surface area contributed by atoms with Gasteiger partial charge in [0, 0.05) is 16.1 Å². The molecule has 5 atom stereocenters. The van der Waals surface area contributed by atoms with Crippen LogP contribution in [0.4, 0.5) is 5.82 Å². The number of nitrogen functional groups attached to an aromatic ring is 1. The van der Waals surface area contributed by atoms with Crippen LogP contribution in [0.25, 0.3) is 11.0 Å². The lowest BCUT2D eigenvalue weighted by Gasteiger charge is -2.18. The second-order valence-electron chi connectivity index (χ2n) is 6.40. The molecule has 0 bridgehead atoms. The van der Waals surface area contributed by atoms with Crippen molar-refractivity contribution in [2.24, 2.45) is 5.84 Å². The Morgan fingerprint density at radius 1 is 1.19 bits per heavy atom. The molecule has 0 amide bonds. The number of aliphatic hydroxyl groups is 2. The van der Waals surface area contributed by atoms with E-state index >= 15 is 0 Å². The lowest BCUT2D eigenvalue weighted by atomic mass is 10.2. The van der Waals surface area contributed by atoms with E-state index in [1.54, 1.807) is 41.1 Å². The molecule has 8 nitrogen and oxygen atoms in total. The molecule has 4 rings (SSSR count). The summed E-state index contributed by atoms with van der Waals surface area (Å²) in [5.41, 5.74) is 3.09. The number of nitrogens with two attached hydrogens (primary N) is 1. The van der Waals surface area contributed by atoms with Crippen molar-refractivity contribution in [3.8, 4) is 0 Å². The molecule has 2 aromatic heterocycles. The molecule has 0 radical (unpaired) electrons. The van der Waals surface area contributed by atoms with Crippen molar-refractivity contribution in [3.05, 3.63) is 47.9 Å². The van der Waals surface area contributed by atoms with Gasteiger partial charge in [0.1, 0.15) is 18.1 Å². The molecule has 1 unspecified atom stereocenters. The number of fused-ring (bicyclic) bond motifs is 1. The molecule has 1 aliphatic rings. The first kappa shape index (κ1) is 18.3. The molecule has 0 spiro atoms. The maximum Gasteiger partial charge on any atom is 0.152 e. The zero-order valence-corrected chi connectivity index (χ0v) is 15.6. The van der Waals surface area contributed by atoms with E-state index in [1.165, 1.54) is 6.33 Å². The van der Waals surface area contributed by atoms with Crippen LogP contribution >= 0.6 is 11.6 Å². The third-order valence-corrected chi connectivity index (χ3v) is 6.93. The van der Waals surface area contributed by atoms with Gasteiger partial charge in [0.15, 0.2) is 5.82 Å². The Hall–Kier alpha value is -2.04. The van der Waals surface area contributed by atoms with E-state index in [1.807, 2.05) is 0 Å². The number of hydrazine groups is 1. The number of anilines is 1. The van der Waals surface area contributed by atoms with Crippen LogP contribution in [-0.4, -0.2) is 46.4 Å². The van der Waals surface area contributed by atoms with Crippen molar-refractivity contribution >= 4 is 39.3 Å². The van der Waals surface area contributed by atoms with Crippen LogP contribution in [0.1, 0.15) is 12.5 Å². The highest BCUT2D eigenvalue weighted by Gasteiger charge is 2.46. The molecule has 1 fully saturated rings. The average molecular weight is 408 g/mol. The van der Waals surface area contributed by atoms with Gasteiger partial charge in [-0.3, -0.25) is 4.21 Å².